The van der Waals surface area contributed by atoms with Crippen molar-refractivity contribution in [2.45, 2.75) is 157 Å². The first-order chi connectivity index (χ1) is 20.7. The first kappa shape index (κ1) is 42.6. The fourth-order valence-electron chi connectivity index (χ4n) is 5.24. The Hall–Kier alpha value is -1.38. The van der Waals surface area contributed by atoms with Crippen LogP contribution in [0.3, 0.4) is 0 Å². The van der Waals surface area contributed by atoms with Gasteiger partial charge in [-0.2, -0.15) is 0 Å². The van der Waals surface area contributed by atoms with Crippen LogP contribution in [0.2, 0.25) is 0 Å². The van der Waals surface area contributed by atoms with E-state index in [1.54, 1.807) is 14.2 Å². The van der Waals surface area contributed by atoms with Gasteiger partial charge in [-0.15, -0.1) is 0 Å². The summed E-state index contributed by atoms with van der Waals surface area (Å²) in [6.07, 6.45) is 38.3. The second kappa shape index (κ2) is 24.8. The highest BCUT2D eigenvalue weighted by atomic mass is 16.5. The third-order valence-electron chi connectivity index (χ3n) is 9.16. The molecule has 44 heavy (non-hydrogen) atoms. The van der Waals surface area contributed by atoms with Crippen LogP contribution < -0.4 is 0 Å². The van der Waals surface area contributed by atoms with Gasteiger partial charge in [0, 0.05) is 14.2 Å². The van der Waals surface area contributed by atoms with Crippen molar-refractivity contribution >= 4 is 0 Å². The normalized spacial score (nSPS) is 17.8. The summed E-state index contributed by atoms with van der Waals surface area (Å²) in [5.74, 6) is 4.00. The zero-order valence-corrected chi connectivity index (χ0v) is 31.5. The standard InChI is InChI=1S/C42H76O2/c1-35(23-15-25-37(3)27-17-29-39(5)31-19-33-41(7,8)43-11)21-13-14-22-36(2)24-16-26-38(4)28-18-30-40(6)32-20-34-42(9,10)44-12/h13,16,18-21,24,28,31-32,35-40H,14-15,17,22-23,25-27,29-30,33-34H2,1-12H3/b21-13+,24-16+,28-18+,31-19+,32-20+. The molecule has 0 rings (SSSR count). The lowest BCUT2D eigenvalue weighted by Gasteiger charge is -2.20. The summed E-state index contributed by atoms with van der Waals surface area (Å²) in [5, 5.41) is 0. The Labute approximate surface area is 276 Å². The highest BCUT2D eigenvalue weighted by Crippen LogP contribution is 2.22. The van der Waals surface area contributed by atoms with Crippen molar-refractivity contribution in [1.29, 1.82) is 0 Å². The van der Waals surface area contributed by atoms with Crippen LogP contribution in [-0.4, -0.2) is 25.4 Å². The third kappa shape index (κ3) is 25.9. The molecule has 256 valence electrons. The van der Waals surface area contributed by atoms with E-state index in [9.17, 15) is 0 Å². The molecule has 0 radical (unpaired) electrons. The second-order valence-electron chi connectivity index (χ2n) is 15.4. The maximum absolute atomic E-state index is 5.51. The summed E-state index contributed by atoms with van der Waals surface area (Å²) >= 11 is 0. The molecule has 2 heteroatoms. The topological polar surface area (TPSA) is 18.5 Å². The average Bonchev–Trinajstić information content (AvgIpc) is 2.95. The molecule has 0 heterocycles. The second-order valence-corrected chi connectivity index (χ2v) is 15.4. The van der Waals surface area contributed by atoms with Crippen LogP contribution >= 0.6 is 0 Å². The van der Waals surface area contributed by atoms with Crippen LogP contribution in [-0.2, 0) is 9.47 Å². The van der Waals surface area contributed by atoms with Gasteiger partial charge in [-0.25, -0.2) is 0 Å². The fraction of sp³-hybridized carbons (Fsp3) is 0.762. The Bertz CT molecular complexity index is 827. The van der Waals surface area contributed by atoms with Crippen LogP contribution in [0, 0.1) is 35.5 Å². The molecule has 0 fully saturated rings. The molecule has 2 nitrogen and oxygen atoms in total. The largest absolute Gasteiger partial charge is 0.378 e. The van der Waals surface area contributed by atoms with Crippen molar-refractivity contribution in [3.8, 4) is 0 Å². The summed E-state index contributed by atoms with van der Waals surface area (Å²) < 4.78 is 11.0. The number of methoxy groups -OCH3 is 2. The summed E-state index contributed by atoms with van der Waals surface area (Å²) in [5.41, 5.74) is -0.123. The van der Waals surface area contributed by atoms with Crippen molar-refractivity contribution in [3.05, 3.63) is 60.8 Å². The fourth-order valence-corrected chi connectivity index (χ4v) is 5.24. The van der Waals surface area contributed by atoms with Crippen molar-refractivity contribution < 1.29 is 9.47 Å². The van der Waals surface area contributed by atoms with Crippen molar-refractivity contribution in [2.24, 2.45) is 35.5 Å². The van der Waals surface area contributed by atoms with E-state index in [2.05, 4.69) is 130 Å². The Balaban J connectivity index is 4.02. The minimum atomic E-state index is -0.0715. The van der Waals surface area contributed by atoms with Crippen LogP contribution in [0.1, 0.15) is 146 Å². The van der Waals surface area contributed by atoms with Crippen LogP contribution in [0.5, 0.6) is 0 Å². The summed E-state index contributed by atoms with van der Waals surface area (Å²) in [6, 6.07) is 0. The first-order valence-electron chi connectivity index (χ1n) is 18.1. The molecule has 0 amide bonds. The lowest BCUT2D eigenvalue weighted by Crippen LogP contribution is -2.20. The van der Waals surface area contributed by atoms with Gasteiger partial charge in [0.25, 0.3) is 0 Å². The minimum Gasteiger partial charge on any atom is -0.378 e. The van der Waals surface area contributed by atoms with E-state index in [1.165, 1.54) is 51.4 Å². The predicted molar refractivity (Wildman–Crippen MR) is 198 cm³/mol. The molecule has 6 atom stereocenters. The average molecular weight is 613 g/mol. The number of ether oxygens (including phenoxy) is 2. The Morgan fingerprint density at radius 3 is 1.27 bits per heavy atom. The van der Waals surface area contributed by atoms with Gasteiger partial charge < -0.3 is 9.47 Å². The van der Waals surface area contributed by atoms with Crippen LogP contribution in [0.25, 0.3) is 0 Å². The summed E-state index contributed by atoms with van der Waals surface area (Å²) in [6.45, 7) is 22.7. The predicted octanol–water partition coefficient (Wildman–Crippen LogP) is 13.1. The molecule has 0 saturated heterocycles. The van der Waals surface area contributed by atoms with E-state index in [0.29, 0.717) is 29.6 Å². The van der Waals surface area contributed by atoms with E-state index in [0.717, 1.165) is 31.6 Å². The number of hydrogen-bond acceptors (Lipinski definition) is 2. The van der Waals surface area contributed by atoms with Gasteiger partial charge in [0.05, 0.1) is 11.2 Å². The molecule has 6 unspecified atom stereocenters. The highest BCUT2D eigenvalue weighted by molar-refractivity contribution is 4.98. The van der Waals surface area contributed by atoms with E-state index < -0.39 is 0 Å². The van der Waals surface area contributed by atoms with Crippen molar-refractivity contribution in [2.75, 3.05) is 14.2 Å². The Morgan fingerprint density at radius 2 is 0.818 bits per heavy atom. The van der Waals surface area contributed by atoms with E-state index in [1.807, 2.05) is 0 Å². The lowest BCUT2D eigenvalue weighted by molar-refractivity contribution is 0.0251. The molecule has 0 N–H and O–H groups in total. The van der Waals surface area contributed by atoms with Crippen LogP contribution in [0.15, 0.2) is 60.8 Å². The SMILES string of the molecule is COC(C)(C)C/C=C/C(C)C/C=C/C(C)C/C=C/C(C)CC/C=C/C(C)CCCC(C)CCCC(C)/C=C/CC(C)(C)OC. The molecule has 0 aliphatic rings. The molecular weight excluding hydrogens is 536 g/mol. The van der Waals surface area contributed by atoms with Crippen LogP contribution in [0.4, 0.5) is 0 Å². The van der Waals surface area contributed by atoms with Gasteiger partial charge >= 0.3 is 0 Å². The van der Waals surface area contributed by atoms with Gasteiger partial charge in [-0.3, -0.25) is 0 Å². The summed E-state index contributed by atoms with van der Waals surface area (Å²) in [7, 11) is 3.58. The molecule has 0 aliphatic carbocycles. The monoisotopic (exact) mass is 613 g/mol. The quantitative estimate of drug-likeness (QED) is 0.0905. The molecule has 0 aromatic rings. The maximum Gasteiger partial charge on any atom is 0.0657 e. The maximum atomic E-state index is 5.51. The van der Waals surface area contributed by atoms with Gasteiger partial charge in [-0.1, -0.05) is 128 Å². The smallest absolute Gasteiger partial charge is 0.0657 e. The molecule has 0 aromatic carbocycles. The highest BCUT2D eigenvalue weighted by Gasteiger charge is 2.14. The molecule has 0 aromatic heterocycles. The minimum absolute atomic E-state index is 0.0514. The summed E-state index contributed by atoms with van der Waals surface area (Å²) in [4.78, 5) is 0. The van der Waals surface area contributed by atoms with Crippen molar-refractivity contribution in [3.63, 3.8) is 0 Å². The van der Waals surface area contributed by atoms with Gasteiger partial charge in [-0.05, 0) is 115 Å². The lowest BCUT2D eigenvalue weighted by atomic mass is 9.92. The molecule has 0 saturated carbocycles. The molecule has 0 bridgehead atoms. The number of hydrogen-bond donors (Lipinski definition) is 0. The van der Waals surface area contributed by atoms with E-state index >= 15 is 0 Å². The van der Waals surface area contributed by atoms with Gasteiger partial charge in [0.15, 0.2) is 0 Å². The van der Waals surface area contributed by atoms with E-state index in [-0.39, 0.29) is 11.2 Å². The molecular formula is C42H76O2. The number of rotatable bonds is 26. The zero-order valence-electron chi connectivity index (χ0n) is 31.5. The zero-order chi connectivity index (χ0) is 33.4. The Kier molecular flexibility index (Phi) is 24.0. The van der Waals surface area contributed by atoms with Crippen molar-refractivity contribution in [1.82, 2.24) is 0 Å². The third-order valence-corrected chi connectivity index (χ3v) is 9.16. The number of allylic oxidation sites excluding steroid dienone is 8. The Morgan fingerprint density at radius 1 is 0.455 bits per heavy atom. The molecule has 0 aliphatic heterocycles. The van der Waals surface area contributed by atoms with Gasteiger partial charge in [0.1, 0.15) is 0 Å². The van der Waals surface area contributed by atoms with Gasteiger partial charge in [0.2, 0.25) is 0 Å². The first-order valence-corrected chi connectivity index (χ1v) is 18.1. The van der Waals surface area contributed by atoms with E-state index in [4.69, 9.17) is 9.47 Å². The molecule has 0 spiro atoms.